The Morgan fingerprint density at radius 2 is 1.82 bits per heavy atom. The van der Waals surface area contributed by atoms with Crippen molar-refractivity contribution < 1.29 is 19.3 Å². The van der Waals surface area contributed by atoms with Gasteiger partial charge < -0.3 is 14.9 Å². The summed E-state index contributed by atoms with van der Waals surface area (Å²) in [5.74, 6) is 0.640. The third kappa shape index (κ3) is 5.08. The summed E-state index contributed by atoms with van der Waals surface area (Å²) in [6.45, 7) is 6.52. The van der Waals surface area contributed by atoms with Gasteiger partial charge in [0, 0.05) is 11.8 Å². The predicted molar refractivity (Wildman–Crippen MR) is 130 cm³/mol. The lowest BCUT2D eigenvalue weighted by Gasteiger charge is -2.38. The van der Waals surface area contributed by atoms with Gasteiger partial charge in [0.2, 0.25) is 0 Å². The van der Waals surface area contributed by atoms with Crippen LogP contribution in [0.3, 0.4) is 0 Å². The number of aliphatic hydroxyl groups excluding tert-OH is 2. The molecule has 0 saturated heterocycles. The topological polar surface area (TPSA) is 62.0 Å². The van der Waals surface area contributed by atoms with Crippen molar-refractivity contribution in [3.63, 3.8) is 0 Å². The van der Waals surface area contributed by atoms with Crippen molar-refractivity contribution in [2.45, 2.75) is 77.8 Å². The van der Waals surface area contributed by atoms with E-state index in [0.717, 1.165) is 48.2 Å². The van der Waals surface area contributed by atoms with Crippen LogP contribution in [0.15, 0.2) is 70.1 Å². The quantitative estimate of drug-likeness (QED) is 0.536. The first-order chi connectivity index (χ1) is 15.9. The minimum absolute atomic E-state index is 0.0178. The number of rotatable bonds is 6. The fraction of sp³-hybridized carbons (Fsp3) is 0.536. The van der Waals surface area contributed by atoms with Crippen molar-refractivity contribution in [2.24, 2.45) is 22.7 Å². The summed E-state index contributed by atoms with van der Waals surface area (Å²) in [6.07, 6.45) is 6.03. The maximum Gasteiger partial charge on any atom is 0.147 e. The molecule has 1 saturated carbocycles. The van der Waals surface area contributed by atoms with Crippen molar-refractivity contribution in [3.8, 4) is 0 Å². The number of hydrogen-bond donors (Lipinski definition) is 2. The van der Waals surface area contributed by atoms with E-state index in [1.54, 1.807) is 0 Å². The highest BCUT2D eigenvalue weighted by Crippen LogP contribution is 2.40. The summed E-state index contributed by atoms with van der Waals surface area (Å²) < 4.78 is 21.1. The number of aliphatic imine (C=N–C) groups is 1. The Morgan fingerprint density at radius 3 is 2.52 bits per heavy atom. The van der Waals surface area contributed by atoms with Crippen molar-refractivity contribution >= 4 is 5.71 Å². The second kappa shape index (κ2) is 10.3. The third-order valence-electron chi connectivity index (χ3n) is 7.64. The largest absolute Gasteiger partial charge is 0.506 e. The molecule has 1 aromatic carbocycles. The van der Waals surface area contributed by atoms with Gasteiger partial charge >= 0.3 is 0 Å². The van der Waals surface area contributed by atoms with E-state index in [1.165, 1.54) is 12.5 Å². The highest BCUT2D eigenvalue weighted by atomic mass is 19.1. The van der Waals surface area contributed by atoms with Gasteiger partial charge in [-0.2, -0.15) is 0 Å². The van der Waals surface area contributed by atoms with Crippen molar-refractivity contribution in [1.29, 1.82) is 0 Å². The number of nitrogens with zero attached hydrogens (tertiary/aromatic N) is 1. The summed E-state index contributed by atoms with van der Waals surface area (Å²) >= 11 is 0. The molecular weight excluding hydrogens is 417 g/mol. The Labute approximate surface area is 196 Å². The van der Waals surface area contributed by atoms with E-state index in [2.05, 4.69) is 11.9 Å². The Balaban J connectivity index is 1.52. The van der Waals surface area contributed by atoms with Crippen molar-refractivity contribution in [1.82, 2.24) is 0 Å². The number of halogens is 1. The first-order valence-electron chi connectivity index (χ1n) is 12.2. The van der Waals surface area contributed by atoms with E-state index in [-0.39, 0.29) is 23.5 Å². The molecule has 5 atom stereocenters. The number of hydrogen-bond acceptors (Lipinski definition) is 4. The van der Waals surface area contributed by atoms with Crippen LogP contribution in [0.2, 0.25) is 0 Å². The molecule has 0 aromatic heterocycles. The molecule has 178 valence electrons. The molecule has 4 rings (SSSR count). The van der Waals surface area contributed by atoms with Crippen LogP contribution >= 0.6 is 0 Å². The second-order valence-electron chi connectivity index (χ2n) is 9.85. The SMILES string of the molecule is CC1=CC(OCc2ccccc2)=C(C)C(C)C1C(O)C1N=C(C2CCCCC2)C(O)=CC1F. The molecule has 2 aliphatic carbocycles. The molecule has 0 amide bonds. The van der Waals surface area contributed by atoms with Crippen LogP contribution in [-0.2, 0) is 11.3 Å². The number of ether oxygens (including phenoxy) is 1. The number of allylic oxidation sites excluding steroid dienone is 3. The minimum atomic E-state index is -1.51. The maximum atomic E-state index is 15.0. The average molecular weight is 454 g/mol. The molecule has 1 aliphatic heterocycles. The van der Waals surface area contributed by atoms with E-state index in [4.69, 9.17) is 4.74 Å². The Bertz CT molecular complexity index is 959. The van der Waals surface area contributed by atoms with Crippen LogP contribution in [-0.4, -0.2) is 34.2 Å². The maximum absolute atomic E-state index is 15.0. The summed E-state index contributed by atoms with van der Waals surface area (Å²) in [6, 6.07) is 9.10. The molecular formula is C28H36FNO3. The fourth-order valence-corrected chi connectivity index (χ4v) is 5.56. The molecule has 0 radical (unpaired) electrons. The van der Waals surface area contributed by atoms with E-state index in [9.17, 15) is 10.2 Å². The molecule has 2 N–H and O–H groups in total. The molecule has 33 heavy (non-hydrogen) atoms. The smallest absolute Gasteiger partial charge is 0.147 e. The monoisotopic (exact) mass is 453 g/mol. The Hall–Kier alpha value is -2.40. The molecule has 1 heterocycles. The van der Waals surface area contributed by atoms with Crippen LogP contribution < -0.4 is 0 Å². The highest BCUT2D eigenvalue weighted by molar-refractivity contribution is 6.00. The summed E-state index contributed by atoms with van der Waals surface area (Å²) in [4.78, 5) is 4.63. The van der Waals surface area contributed by atoms with Gasteiger partial charge in [0.15, 0.2) is 0 Å². The van der Waals surface area contributed by atoms with Crippen LogP contribution in [0.25, 0.3) is 0 Å². The zero-order valence-electron chi connectivity index (χ0n) is 19.9. The molecule has 4 nitrogen and oxygen atoms in total. The predicted octanol–water partition coefficient (Wildman–Crippen LogP) is 6.23. The Morgan fingerprint density at radius 1 is 1.12 bits per heavy atom. The minimum Gasteiger partial charge on any atom is -0.506 e. The molecule has 5 heteroatoms. The fourth-order valence-electron chi connectivity index (χ4n) is 5.56. The van der Waals surface area contributed by atoms with Crippen LogP contribution in [0.4, 0.5) is 4.39 Å². The van der Waals surface area contributed by atoms with Gasteiger partial charge in [0.25, 0.3) is 0 Å². The highest BCUT2D eigenvalue weighted by Gasteiger charge is 2.42. The summed E-state index contributed by atoms with van der Waals surface area (Å²) in [5, 5.41) is 21.8. The molecule has 3 aliphatic rings. The number of aliphatic hydroxyl groups is 2. The van der Waals surface area contributed by atoms with E-state index in [1.807, 2.05) is 50.3 Å². The van der Waals surface area contributed by atoms with Gasteiger partial charge in [-0.15, -0.1) is 0 Å². The lowest BCUT2D eigenvalue weighted by atomic mass is 9.73. The molecule has 1 fully saturated rings. The first kappa shape index (κ1) is 23.7. The third-order valence-corrected chi connectivity index (χ3v) is 7.64. The molecule has 0 spiro atoms. The average Bonchev–Trinajstić information content (AvgIpc) is 2.82. The van der Waals surface area contributed by atoms with Crippen molar-refractivity contribution in [3.05, 3.63) is 70.7 Å². The number of benzene rings is 1. The number of dihydropyridines is 1. The van der Waals surface area contributed by atoms with E-state index in [0.29, 0.717) is 12.3 Å². The van der Waals surface area contributed by atoms with Crippen LogP contribution in [0.1, 0.15) is 58.4 Å². The lowest BCUT2D eigenvalue weighted by molar-refractivity contribution is 0.0543. The molecule has 0 bridgehead atoms. The van der Waals surface area contributed by atoms with Crippen LogP contribution in [0, 0.1) is 17.8 Å². The lowest BCUT2D eigenvalue weighted by Crippen LogP contribution is -2.45. The summed E-state index contributed by atoms with van der Waals surface area (Å²) in [5.41, 5.74) is 3.68. The zero-order valence-corrected chi connectivity index (χ0v) is 19.9. The van der Waals surface area contributed by atoms with Gasteiger partial charge in [0.1, 0.15) is 30.3 Å². The standard InChI is InChI=1S/C28H36FNO3/c1-17-14-24(33-16-20-10-6-4-7-11-20)18(2)19(3)25(17)28(32)27-22(29)15-23(31)26(30-27)21-12-8-5-9-13-21/h4,6-7,10-11,14-15,19,21-22,25,27-28,31-32H,5,8-9,12-13,16H2,1-3H3. The van der Waals surface area contributed by atoms with Gasteiger partial charge in [0.05, 0.1) is 11.8 Å². The Kier molecular flexibility index (Phi) is 7.38. The van der Waals surface area contributed by atoms with Gasteiger partial charge in [-0.05, 0) is 55.9 Å². The zero-order chi connectivity index (χ0) is 23.5. The van der Waals surface area contributed by atoms with Crippen LogP contribution in [0.5, 0.6) is 0 Å². The van der Waals surface area contributed by atoms with E-state index < -0.39 is 18.3 Å². The van der Waals surface area contributed by atoms with E-state index >= 15 is 4.39 Å². The normalized spacial score (nSPS) is 29.8. The van der Waals surface area contributed by atoms with Crippen molar-refractivity contribution in [2.75, 3.05) is 0 Å². The second-order valence-corrected chi connectivity index (χ2v) is 9.85. The first-order valence-corrected chi connectivity index (χ1v) is 12.2. The molecule has 1 aromatic rings. The number of alkyl halides is 1. The molecule has 5 unspecified atom stereocenters. The summed E-state index contributed by atoms with van der Waals surface area (Å²) in [7, 11) is 0. The van der Waals surface area contributed by atoms with Gasteiger partial charge in [-0.3, -0.25) is 4.99 Å². The van der Waals surface area contributed by atoms with Gasteiger partial charge in [-0.25, -0.2) is 4.39 Å². The van der Waals surface area contributed by atoms with Gasteiger partial charge in [-0.1, -0.05) is 62.1 Å².